The average Bonchev–Trinajstić information content (AvgIpc) is 3.32. The minimum Gasteiger partial charge on any atom is -0.493 e. The molecule has 0 bridgehead atoms. The molecule has 1 aliphatic heterocycles. The zero-order chi connectivity index (χ0) is 18.5. The molecule has 2 aliphatic rings. The van der Waals surface area contributed by atoms with Gasteiger partial charge in [0.25, 0.3) is 0 Å². The van der Waals surface area contributed by atoms with Crippen LogP contribution in [0.3, 0.4) is 0 Å². The number of anilines is 1. The van der Waals surface area contributed by atoms with E-state index >= 15 is 0 Å². The smallest absolute Gasteiger partial charge is 0.336 e. The molecule has 2 N–H and O–H groups in total. The van der Waals surface area contributed by atoms with Crippen LogP contribution in [0.4, 0.5) is 5.69 Å². The molecule has 0 unspecified atom stereocenters. The lowest BCUT2D eigenvalue weighted by Crippen LogP contribution is -2.26. The van der Waals surface area contributed by atoms with Gasteiger partial charge >= 0.3 is 5.97 Å². The number of ether oxygens (including phenoxy) is 1. The van der Waals surface area contributed by atoms with Crippen molar-refractivity contribution in [2.24, 2.45) is 5.92 Å². The van der Waals surface area contributed by atoms with Crippen LogP contribution in [0.5, 0.6) is 5.75 Å². The van der Waals surface area contributed by atoms with Gasteiger partial charge in [-0.25, -0.2) is 4.79 Å². The second-order valence-electron chi connectivity index (χ2n) is 7.28. The van der Waals surface area contributed by atoms with E-state index in [4.69, 9.17) is 4.74 Å². The number of hydrogen-bond donors (Lipinski definition) is 2. The van der Waals surface area contributed by atoms with Crippen molar-refractivity contribution < 1.29 is 19.4 Å². The number of carbonyl (C=O) groups is 2. The Balaban J connectivity index is 1.59. The fourth-order valence-electron chi connectivity index (χ4n) is 4.14. The minimum absolute atomic E-state index is 0.0509. The third kappa shape index (κ3) is 2.55. The molecule has 0 aromatic heterocycles. The van der Waals surface area contributed by atoms with Crippen LogP contribution in [0.15, 0.2) is 36.4 Å². The van der Waals surface area contributed by atoms with Crippen molar-refractivity contribution in [1.82, 2.24) is 0 Å². The van der Waals surface area contributed by atoms with Gasteiger partial charge in [-0.05, 0) is 49.9 Å². The summed E-state index contributed by atoms with van der Waals surface area (Å²) in [4.78, 5) is 24.2. The normalized spacial score (nSPS) is 23.1. The Bertz CT molecular complexity index is 920. The van der Waals surface area contributed by atoms with Gasteiger partial charge in [0, 0.05) is 22.6 Å². The summed E-state index contributed by atoms with van der Waals surface area (Å²) in [6, 6.07) is 11.3. The van der Waals surface area contributed by atoms with Crippen LogP contribution < -0.4 is 10.1 Å². The van der Waals surface area contributed by atoms with Gasteiger partial charge in [0.2, 0.25) is 5.91 Å². The fourth-order valence-corrected chi connectivity index (χ4v) is 4.14. The molecule has 1 fully saturated rings. The van der Waals surface area contributed by atoms with Gasteiger partial charge in [0.1, 0.15) is 5.75 Å². The lowest BCUT2D eigenvalue weighted by atomic mass is 9.87. The van der Waals surface area contributed by atoms with Crippen LogP contribution in [-0.4, -0.2) is 23.6 Å². The third-order valence-corrected chi connectivity index (χ3v) is 5.68. The first-order valence-electron chi connectivity index (χ1n) is 8.80. The van der Waals surface area contributed by atoms with Crippen molar-refractivity contribution in [3.63, 3.8) is 0 Å². The maximum Gasteiger partial charge on any atom is 0.336 e. The summed E-state index contributed by atoms with van der Waals surface area (Å²) in [7, 11) is 0. The van der Waals surface area contributed by atoms with E-state index in [-0.39, 0.29) is 22.8 Å². The molecule has 1 heterocycles. The Hall–Kier alpha value is -2.82. The van der Waals surface area contributed by atoms with E-state index in [9.17, 15) is 14.7 Å². The van der Waals surface area contributed by atoms with Crippen LogP contribution in [-0.2, 0) is 10.2 Å². The first-order valence-corrected chi connectivity index (χ1v) is 8.80. The van der Waals surface area contributed by atoms with E-state index in [0.29, 0.717) is 17.9 Å². The summed E-state index contributed by atoms with van der Waals surface area (Å²) in [6.45, 7) is 4.26. The molecular formula is C21H21NO4. The maximum absolute atomic E-state index is 12.9. The molecule has 4 rings (SSSR count). The molecule has 2 atom stereocenters. The van der Waals surface area contributed by atoms with E-state index in [0.717, 1.165) is 29.7 Å². The Morgan fingerprint density at radius 1 is 1.19 bits per heavy atom. The molecule has 1 saturated carbocycles. The molecule has 1 aliphatic carbocycles. The number of amides is 1. The number of hydrogen-bond acceptors (Lipinski definition) is 3. The van der Waals surface area contributed by atoms with Crippen molar-refractivity contribution in [3.05, 3.63) is 58.7 Å². The van der Waals surface area contributed by atoms with Crippen LogP contribution in [0.1, 0.15) is 39.9 Å². The molecule has 26 heavy (non-hydrogen) atoms. The Morgan fingerprint density at radius 3 is 2.73 bits per heavy atom. The molecular weight excluding hydrogens is 330 g/mol. The number of aromatic carboxylic acids is 1. The van der Waals surface area contributed by atoms with E-state index in [2.05, 4.69) is 5.32 Å². The Morgan fingerprint density at radius 2 is 1.96 bits per heavy atom. The SMILES string of the molecule is Cc1cc(C)c(C(=O)O)cc1NC(=O)[C@@H]1C[C@]12CCOc1ccccc12. The van der Waals surface area contributed by atoms with Gasteiger partial charge < -0.3 is 15.2 Å². The molecule has 0 radical (unpaired) electrons. The van der Waals surface area contributed by atoms with Crippen molar-refractivity contribution in [1.29, 1.82) is 0 Å². The number of aryl methyl sites for hydroxylation is 2. The number of carboxylic acid groups (broad SMARTS) is 1. The summed E-state index contributed by atoms with van der Waals surface area (Å²) in [5.41, 5.74) is 3.30. The fraction of sp³-hybridized carbons (Fsp3) is 0.333. The predicted octanol–water partition coefficient (Wildman–Crippen LogP) is 3.68. The summed E-state index contributed by atoms with van der Waals surface area (Å²) in [6.07, 6.45) is 1.63. The first kappa shape index (κ1) is 16.6. The molecule has 5 nitrogen and oxygen atoms in total. The van der Waals surface area contributed by atoms with E-state index < -0.39 is 5.97 Å². The van der Waals surface area contributed by atoms with Crippen molar-refractivity contribution in [3.8, 4) is 5.75 Å². The molecule has 2 aromatic rings. The van der Waals surface area contributed by atoms with Crippen LogP contribution in [0.2, 0.25) is 0 Å². The van der Waals surface area contributed by atoms with Gasteiger partial charge in [-0.3, -0.25) is 4.79 Å². The number of para-hydroxylation sites is 1. The highest BCUT2D eigenvalue weighted by Crippen LogP contribution is 2.60. The van der Waals surface area contributed by atoms with Gasteiger partial charge in [-0.15, -0.1) is 0 Å². The lowest BCUT2D eigenvalue weighted by molar-refractivity contribution is -0.117. The molecule has 2 aromatic carbocycles. The summed E-state index contributed by atoms with van der Waals surface area (Å²) in [5.74, 6) is -0.278. The second kappa shape index (κ2) is 5.87. The molecule has 134 valence electrons. The number of carbonyl (C=O) groups excluding carboxylic acids is 1. The van der Waals surface area contributed by atoms with Gasteiger partial charge in [0.05, 0.1) is 12.2 Å². The quantitative estimate of drug-likeness (QED) is 0.884. The summed E-state index contributed by atoms with van der Waals surface area (Å²) in [5, 5.41) is 12.3. The highest BCUT2D eigenvalue weighted by molar-refractivity contribution is 5.99. The molecule has 1 spiro atoms. The largest absolute Gasteiger partial charge is 0.493 e. The second-order valence-corrected chi connectivity index (χ2v) is 7.28. The number of nitrogens with one attached hydrogen (secondary N) is 1. The lowest BCUT2D eigenvalue weighted by Gasteiger charge is -2.26. The molecule has 1 amide bonds. The van der Waals surface area contributed by atoms with Gasteiger partial charge in [-0.1, -0.05) is 24.3 Å². The topological polar surface area (TPSA) is 75.6 Å². The van der Waals surface area contributed by atoms with Gasteiger partial charge in [0.15, 0.2) is 0 Å². The average molecular weight is 351 g/mol. The van der Waals surface area contributed by atoms with Crippen LogP contribution in [0, 0.1) is 19.8 Å². The molecule has 0 saturated heterocycles. The Labute approximate surface area is 152 Å². The summed E-state index contributed by atoms with van der Waals surface area (Å²) < 4.78 is 5.72. The highest BCUT2D eigenvalue weighted by Gasteiger charge is 2.61. The van der Waals surface area contributed by atoms with Crippen LogP contribution >= 0.6 is 0 Å². The van der Waals surface area contributed by atoms with E-state index in [1.807, 2.05) is 31.2 Å². The monoisotopic (exact) mass is 351 g/mol. The first-order chi connectivity index (χ1) is 12.4. The van der Waals surface area contributed by atoms with Crippen molar-refractivity contribution in [2.75, 3.05) is 11.9 Å². The number of fused-ring (bicyclic) bond motifs is 2. The predicted molar refractivity (Wildman–Crippen MR) is 97.8 cm³/mol. The van der Waals surface area contributed by atoms with Crippen molar-refractivity contribution in [2.45, 2.75) is 32.1 Å². The summed E-state index contributed by atoms with van der Waals surface area (Å²) >= 11 is 0. The van der Waals surface area contributed by atoms with Gasteiger partial charge in [-0.2, -0.15) is 0 Å². The minimum atomic E-state index is -0.987. The Kier molecular flexibility index (Phi) is 3.75. The third-order valence-electron chi connectivity index (χ3n) is 5.68. The number of carboxylic acids is 1. The molecule has 5 heteroatoms. The zero-order valence-electron chi connectivity index (χ0n) is 14.8. The van der Waals surface area contributed by atoms with E-state index in [1.165, 1.54) is 0 Å². The number of rotatable bonds is 3. The number of benzene rings is 2. The van der Waals surface area contributed by atoms with E-state index in [1.54, 1.807) is 19.1 Å². The zero-order valence-corrected chi connectivity index (χ0v) is 14.8. The standard InChI is InChI=1S/C21H21NO4/c1-12-9-13(2)17(10-14(12)20(24)25)22-19(23)16-11-21(16)7-8-26-18-6-4-3-5-15(18)21/h3-6,9-10,16H,7-8,11H2,1-2H3,(H,22,23)(H,24,25)/t16-,21-/m0/s1. The van der Waals surface area contributed by atoms with Crippen LogP contribution in [0.25, 0.3) is 0 Å². The maximum atomic E-state index is 12.9. The highest BCUT2D eigenvalue weighted by atomic mass is 16.5. The van der Waals surface area contributed by atoms with Crippen molar-refractivity contribution >= 4 is 17.6 Å².